The van der Waals surface area contributed by atoms with E-state index in [4.69, 9.17) is 9.47 Å². The Bertz CT molecular complexity index is 438. The van der Waals surface area contributed by atoms with E-state index >= 15 is 0 Å². The molecule has 4 nitrogen and oxygen atoms in total. The van der Waals surface area contributed by atoms with Gasteiger partial charge in [0.25, 0.3) is 0 Å². The zero-order valence-electron chi connectivity index (χ0n) is 11.9. The summed E-state index contributed by atoms with van der Waals surface area (Å²) in [4.78, 5) is 13.6. The molecule has 2 atom stereocenters. The van der Waals surface area contributed by atoms with Crippen molar-refractivity contribution in [3.8, 4) is 5.75 Å². The first-order chi connectivity index (χ1) is 8.87. The van der Waals surface area contributed by atoms with Gasteiger partial charge in [-0.2, -0.15) is 0 Å². The van der Waals surface area contributed by atoms with Crippen molar-refractivity contribution in [1.29, 1.82) is 0 Å². The Morgan fingerprint density at radius 3 is 2.42 bits per heavy atom. The zero-order valence-corrected chi connectivity index (χ0v) is 11.9. The zero-order chi connectivity index (χ0) is 14.0. The van der Waals surface area contributed by atoms with E-state index in [1.807, 2.05) is 58.0 Å². The summed E-state index contributed by atoms with van der Waals surface area (Å²) in [6.07, 6.45) is -0.233. The van der Waals surface area contributed by atoms with Crippen molar-refractivity contribution in [3.05, 3.63) is 30.3 Å². The van der Waals surface area contributed by atoms with Crippen LogP contribution in [0, 0.1) is 0 Å². The third-order valence-electron chi connectivity index (χ3n) is 3.06. The number of likely N-dealkylation sites (tertiary alicyclic amines) is 1. The third kappa shape index (κ3) is 3.40. The highest BCUT2D eigenvalue weighted by Gasteiger charge is 2.42. The van der Waals surface area contributed by atoms with Crippen LogP contribution in [0.3, 0.4) is 0 Å². The minimum absolute atomic E-state index is 0.0370. The monoisotopic (exact) mass is 263 g/mol. The van der Waals surface area contributed by atoms with E-state index in [9.17, 15) is 4.79 Å². The molecule has 0 N–H and O–H groups in total. The Hall–Kier alpha value is -1.71. The second kappa shape index (κ2) is 5.11. The lowest BCUT2D eigenvalue weighted by Crippen LogP contribution is -2.63. The van der Waals surface area contributed by atoms with Crippen LogP contribution in [0.4, 0.5) is 4.79 Å². The first kappa shape index (κ1) is 13.7. The highest BCUT2D eigenvalue weighted by atomic mass is 16.6. The first-order valence-corrected chi connectivity index (χ1v) is 6.58. The summed E-state index contributed by atoms with van der Waals surface area (Å²) in [5, 5.41) is 0. The van der Waals surface area contributed by atoms with Gasteiger partial charge in [0.2, 0.25) is 0 Å². The van der Waals surface area contributed by atoms with Gasteiger partial charge in [0.15, 0.2) is 0 Å². The lowest BCUT2D eigenvalue weighted by molar-refractivity contribution is -0.0536. The van der Waals surface area contributed by atoms with E-state index in [0.717, 1.165) is 5.75 Å². The van der Waals surface area contributed by atoms with E-state index in [-0.39, 0.29) is 18.2 Å². The Kier molecular flexibility index (Phi) is 3.69. The van der Waals surface area contributed by atoms with Crippen molar-refractivity contribution in [1.82, 2.24) is 4.90 Å². The molecule has 1 fully saturated rings. The number of benzene rings is 1. The summed E-state index contributed by atoms with van der Waals surface area (Å²) >= 11 is 0. The van der Waals surface area contributed by atoms with Gasteiger partial charge < -0.3 is 9.47 Å². The van der Waals surface area contributed by atoms with E-state index in [2.05, 4.69) is 0 Å². The second-order valence-electron chi connectivity index (χ2n) is 5.84. The van der Waals surface area contributed by atoms with Gasteiger partial charge in [-0.3, -0.25) is 4.90 Å². The average Bonchev–Trinajstić information content (AvgIpc) is 2.32. The van der Waals surface area contributed by atoms with Crippen LogP contribution < -0.4 is 4.74 Å². The van der Waals surface area contributed by atoms with Crippen molar-refractivity contribution in [3.63, 3.8) is 0 Å². The predicted octanol–water partition coefficient (Wildman–Crippen LogP) is 3.07. The number of hydrogen-bond acceptors (Lipinski definition) is 3. The summed E-state index contributed by atoms with van der Waals surface area (Å²) < 4.78 is 11.2. The number of rotatable bonds is 2. The van der Waals surface area contributed by atoms with Gasteiger partial charge in [0.1, 0.15) is 17.5 Å². The van der Waals surface area contributed by atoms with Gasteiger partial charge >= 0.3 is 6.09 Å². The predicted molar refractivity (Wildman–Crippen MR) is 73.3 cm³/mol. The maximum absolute atomic E-state index is 11.9. The Morgan fingerprint density at radius 1 is 1.26 bits per heavy atom. The molecular formula is C15H21NO3. The molecule has 4 heteroatoms. The SMILES string of the molecule is C[C@H]1[C@@H](Oc2ccccc2)CN1C(=O)OC(C)(C)C. The van der Waals surface area contributed by atoms with Crippen molar-refractivity contribution >= 4 is 6.09 Å². The highest BCUT2D eigenvalue weighted by Crippen LogP contribution is 2.25. The molecule has 0 aromatic heterocycles. The quantitative estimate of drug-likeness (QED) is 0.823. The van der Waals surface area contributed by atoms with Crippen LogP contribution in [0.5, 0.6) is 5.75 Å². The van der Waals surface area contributed by atoms with Crippen molar-refractivity contribution in [2.45, 2.75) is 45.4 Å². The number of nitrogens with zero attached hydrogens (tertiary/aromatic N) is 1. The molecule has 0 saturated carbocycles. The van der Waals surface area contributed by atoms with E-state index in [0.29, 0.717) is 6.54 Å². The number of para-hydroxylation sites is 1. The molecule has 104 valence electrons. The van der Waals surface area contributed by atoms with Crippen LogP contribution in [-0.4, -0.2) is 35.3 Å². The standard InChI is InChI=1S/C15H21NO3/c1-11-13(18-12-8-6-5-7-9-12)10-16(11)14(17)19-15(2,3)4/h5-9,11,13H,10H2,1-4H3/t11-,13-/m0/s1. The summed E-state index contributed by atoms with van der Waals surface area (Å²) in [6.45, 7) is 8.15. The van der Waals surface area contributed by atoms with Crippen LogP contribution >= 0.6 is 0 Å². The lowest BCUT2D eigenvalue weighted by atomic mass is 10.0. The van der Waals surface area contributed by atoms with Gasteiger partial charge in [-0.15, -0.1) is 0 Å². The molecule has 0 bridgehead atoms. The summed E-state index contributed by atoms with van der Waals surface area (Å²) in [5.41, 5.74) is -0.456. The van der Waals surface area contributed by atoms with Gasteiger partial charge in [-0.25, -0.2) is 4.79 Å². The van der Waals surface area contributed by atoms with Crippen LogP contribution in [0.2, 0.25) is 0 Å². The Morgan fingerprint density at radius 2 is 1.89 bits per heavy atom. The maximum atomic E-state index is 11.9. The van der Waals surface area contributed by atoms with Crippen LogP contribution in [0.15, 0.2) is 30.3 Å². The van der Waals surface area contributed by atoms with Gasteiger partial charge in [0.05, 0.1) is 12.6 Å². The number of amides is 1. The molecule has 1 aromatic rings. The molecule has 2 rings (SSSR count). The fourth-order valence-electron chi connectivity index (χ4n) is 1.95. The Balaban J connectivity index is 1.86. The molecule has 1 heterocycles. The molecule has 0 unspecified atom stereocenters. The smallest absolute Gasteiger partial charge is 0.410 e. The van der Waals surface area contributed by atoms with E-state index in [1.165, 1.54) is 0 Å². The maximum Gasteiger partial charge on any atom is 0.410 e. The fraction of sp³-hybridized carbons (Fsp3) is 0.533. The molecule has 1 aromatic carbocycles. The van der Waals surface area contributed by atoms with E-state index < -0.39 is 5.60 Å². The van der Waals surface area contributed by atoms with Crippen LogP contribution in [-0.2, 0) is 4.74 Å². The molecule has 0 spiro atoms. The molecule has 1 aliphatic rings. The van der Waals surface area contributed by atoms with Crippen molar-refractivity contribution in [2.24, 2.45) is 0 Å². The topological polar surface area (TPSA) is 38.8 Å². The minimum Gasteiger partial charge on any atom is -0.486 e. The highest BCUT2D eigenvalue weighted by molar-refractivity contribution is 5.70. The number of ether oxygens (including phenoxy) is 2. The molecule has 1 aliphatic heterocycles. The number of carbonyl (C=O) groups excluding carboxylic acids is 1. The molecule has 0 radical (unpaired) electrons. The number of carbonyl (C=O) groups is 1. The normalized spacial score (nSPS) is 22.6. The Labute approximate surface area is 114 Å². The summed E-state index contributed by atoms with van der Waals surface area (Å²) in [6, 6.07) is 9.69. The largest absolute Gasteiger partial charge is 0.486 e. The minimum atomic E-state index is -0.456. The summed E-state index contributed by atoms with van der Waals surface area (Å²) in [7, 11) is 0. The van der Waals surface area contributed by atoms with Gasteiger partial charge in [-0.05, 0) is 39.8 Å². The molecule has 1 amide bonds. The molecule has 19 heavy (non-hydrogen) atoms. The van der Waals surface area contributed by atoms with Crippen molar-refractivity contribution < 1.29 is 14.3 Å². The fourth-order valence-corrected chi connectivity index (χ4v) is 1.95. The average molecular weight is 263 g/mol. The molecular weight excluding hydrogens is 242 g/mol. The van der Waals surface area contributed by atoms with Gasteiger partial charge in [0, 0.05) is 0 Å². The van der Waals surface area contributed by atoms with Crippen molar-refractivity contribution in [2.75, 3.05) is 6.54 Å². The van der Waals surface area contributed by atoms with Crippen LogP contribution in [0.25, 0.3) is 0 Å². The van der Waals surface area contributed by atoms with E-state index in [1.54, 1.807) is 4.90 Å². The second-order valence-corrected chi connectivity index (χ2v) is 5.84. The lowest BCUT2D eigenvalue weighted by Gasteiger charge is -2.45. The third-order valence-corrected chi connectivity index (χ3v) is 3.06. The number of hydrogen-bond donors (Lipinski definition) is 0. The first-order valence-electron chi connectivity index (χ1n) is 6.58. The molecule has 0 aliphatic carbocycles. The van der Waals surface area contributed by atoms with Crippen LogP contribution in [0.1, 0.15) is 27.7 Å². The van der Waals surface area contributed by atoms with Gasteiger partial charge in [-0.1, -0.05) is 18.2 Å². The molecule has 1 saturated heterocycles. The summed E-state index contributed by atoms with van der Waals surface area (Å²) in [5.74, 6) is 0.836.